The van der Waals surface area contributed by atoms with E-state index in [9.17, 15) is 8.42 Å². The van der Waals surface area contributed by atoms with E-state index in [1.165, 1.54) is 0 Å². The molecule has 16 heavy (non-hydrogen) atoms. The summed E-state index contributed by atoms with van der Waals surface area (Å²) in [5.74, 6) is 0. The Morgan fingerprint density at radius 2 is 1.94 bits per heavy atom. The summed E-state index contributed by atoms with van der Waals surface area (Å²) in [6.45, 7) is 1.38. The number of aliphatic hydroxyl groups is 1. The number of sulfonamides is 1. The lowest BCUT2D eigenvalue weighted by molar-refractivity contribution is 0.265. The standard InChI is InChI=1S/C10H14BrNO3S/c1-8(7-13)12-16(14,15)10-4-2-9(6-11)3-5-10/h2-5,8,12-13H,6-7H2,1H3. The Kier molecular flexibility index (Phi) is 4.91. The third-order valence-electron chi connectivity index (χ3n) is 2.02. The molecule has 0 spiro atoms. The van der Waals surface area contributed by atoms with E-state index in [1.807, 2.05) is 0 Å². The molecular formula is C10H14BrNO3S. The highest BCUT2D eigenvalue weighted by molar-refractivity contribution is 9.08. The van der Waals surface area contributed by atoms with Crippen molar-refractivity contribution >= 4 is 26.0 Å². The van der Waals surface area contributed by atoms with Gasteiger partial charge in [-0.3, -0.25) is 0 Å². The van der Waals surface area contributed by atoms with Crippen molar-refractivity contribution in [1.82, 2.24) is 4.72 Å². The number of hydrogen-bond acceptors (Lipinski definition) is 3. The van der Waals surface area contributed by atoms with Gasteiger partial charge in [0, 0.05) is 11.4 Å². The van der Waals surface area contributed by atoms with Gasteiger partial charge in [-0.05, 0) is 24.6 Å². The van der Waals surface area contributed by atoms with E-state index in [0.717, 1.165) is 5.56 Å². The lowest BCUT2D eigenvalue weighted by Gasteiger charge is -2.11. The minimum absolute atomic E-state index is 0.206. The Balaban J connectivity index is 2.90. The van der Waals surface area contributed by atoms with Gasteiger partial charge in [0.2, 0.25) is 10.0 Å². The average Bonchev–Trinajstić information content (AvgIpc) is 2.28. The van der Waals surface area contributed by atoms with Crippen molar-refractivity contribution in [2.45, 2.75) is 23.2 Å². The number of aliphatic hydroxyl groups excluding tert-OH is 1. The molecule has 0 aliphatic heterocycles. The van der Waals surface area contributed by atoms with Gasteiger partial charge in [0.1, 0.15) is 0 Å². The molecule has 4 nitrogen and oxygen atoms in total. The second kappa shape index (κ2) is 5.77. The van der Waals surface area contributed by atoms with Gasteiger partial charge in [0.15, 0.2) is 0 Å². The van der Waals surface area contributed by atoms with Crippen molar-refractivity contribution in [2.75, 3.05) is 6.61 Å². The van der Waals surface area contributed by atoms with E-state index in [0.29, 0.717) is 5.33 Å². The molecular weight excluding hydrogens is 294 g/mol. The highest BCUT2D eigenvalue weighted by Crippen LogP contribution is 2.12. The van der Waals surface area contributed by atoms with Crippen LogP contribution in [0.5, 0.6) is 0 Å². The van der Waals surface area contributed by atoms with E-state index < -0.39 is 16.1 Å². The van der Waals surface area contributed by atoms with Crippen molar-refractivity contribution < 1.29 is 13.5 Å². The summed E-state index contributed by atoms with van der Waals surface area (Å²) in [5, 5.41) is 9.48. The van der Waals surface area contributed by atoms with Crippen LogP contribution in [-0.2, 0) is 15.4 Å². The summed E-state index contributed by atoms with van der Waals surface area (Å²) in [6.07, 6.45) is 0. The molecule has 0 amide bonds. The first-order valence-corrected chi connectivity index (χ1v) is 7.38. The van der Waals surface area contributed by atoms with Crippen LogP contribution in [0, 0.1) is 0 Å². The third-order valence-corrected chi connectivity index (χ3v) is 4.27. The van der Waals surface area contributed by atoms with Gasteiger partial charge in [-0.25, -0.2) is 13.1 Å². The first-order valence-electron chi connectivity index (χ1n) is 4.77. The highest BCUT2D eigenvalue weighted by Gasteiger charge is 2.16. The van der Waals surface area contributed by atoms with Gasteiger partial charge in [-0.2, -0.15) is 0 Å². The van der Waals surface area contributed by atoms with Crippen LogP contribution >= 0.6 is 15.9 Å². The maximum absolute atomic E-state index is 11.8. The summed E-state index contributed by atoms with van der Waals surface area (Å²) in [5.41, 5.74) is 1.01. The van der Waals surface area contributed by atoms with Crippen molar-refractivity contribution in [3.63, 3.8) is 0 Å². The Hall–Kier alpha value is -0.430. The minimum Gasteiger partial charge on any atom is -0.395 e. The summed E-state index contributed by atoms with van der Waals surface area (Å²) in [6, 6.07) is 6.09. The smallest absolute Gasteiger partial charge is 0.240 e. The van der Waals surface area contributed by atoms with Crippen LogP contribution in [-0.4, -0.2) is 26.2 Å². The molecule has 0 bridgehead atoms. The predicted octanol–water partition coefficient (Wildman–Crippen LogP) is 1.24. The molecule has 1 rings (SSSR count). The fourth-order valence-corrected chi connectivity index (χ4v) is 2.74. The second-order valence-electron chi connectivity index (χ2n) is 3.48. The second-order valence-corrected chi connectivity index (χ2v) is 5.76. The lowest BCUT2D eigenvalue weighted by atomic mass is 10.2. The average molecular weight is 308 g/mol. The van der Waals surface area contributed by atoms with E-state index in [4.69, 9.17) is 5.11 Å². The molecule has 0 aliphatic carbocycles. The van der Waals surface area contributed by atoms with E-state index in [1.54, 1.807) is 31.2 Å². The van der Waals surface area contributed by atoms with Crippen LogP contribution in [0.4, 0.5) is 0 Å². The van der Waals surface area contributed by atoms with Crippen LogP contribution in [0.1, 0.15) is 12.5 Å². The van der Waals surface area contributed by atoms with Crippen molar-refractivity contribution in [1.29, 1.82) is 0 Å². The molecule has 1 unspecified atom stereocenters. The fraction of sp³-hybridized carbons (Fsp3) is 0.400. The third kappa shape index (κ3) is 3.55. The Morgan fingerprint density at radius 3 is 2.38 bits per heavy atom. The zero-order valence-electron chi connectivity index (χ0n) is 8.85. The quantitative estimate of drug-likeness (QED) is 0.804. The van der Waals surface area contributed by atoms with Crippen molar-refractivity contribution in [2.24, 2.45) is 0 Å². The van der Waals surface area contributed by atoms with Gasteiger partial charge in [-0.15, -0.1) is 0 Å². The summed E-state index contributed by atoms with van der Waals surface area (Å²) >= 11 is 3.29. The first kappa shape index (κ1) is 13.6. The largest absolute Gasteiger partial charge is 0.395 e. The molecule has 1 atom stereocenters. The van der Waals surface area contributed by atoms with Crippen LogP contribution in [0.3, 0.4) is 0 Å². The molecule has 2 N–H and O–H groups in total. The predicted molar refractivity (Wildman–Crippen MR) is 65.9 cm³/mol. The number of rotatable bonds is 5. The molecule has 0 aliphatic rings. The Morgan fingerprint density at radius 1 is 1.38 bits per heavy atom. The molecule has 0 saturated carbocycles. The van der Waals surface area contributed by atoms with E-state index in [-0.39, 0.29) is 11.5 Å². The number of nitrogens with one attached hydrogen (secondary N) is 1. The summed E-state index contributed by atoms with van der Waals surface area (Å²) < 4.78 is 25.9. The van der Waals surface area contributed by atoms with E-state index >= 15 is 0 Å². The molecule has 6 heteroatoms. The molecule has 0 aromatic heterocycles. The maximum Gasteiger partial charge on any atom is 0.240 e. The fourth-order valence-electron chi connectivity index (χ4n) is 1.13. The Bertz CT molecular complexity index is 430. The number of hydrogen-bond donors (Lipinski definition) is 2. The number of halogens is 1. The summed E-state index contributed by atoms with van der Waals surface area (Å²) in [4.78, 5) is 0.206. The molecule has 0 radical (unpaired) electrons. The number of alkyl halides is 1. The van der Waals surface area contributed by atoms with Crippen molar-refractivity contribution in [3.8, 4) is 0 Å². The zero-order chi connectivity index (χ0) is 12.2. The van der Waals surface area contributed by atoms with E-state index in [2.05, 4.69) is 20.7 Å². The van der Waals surface area contributed by atoms with Crippen LogP contribution in [0.2, 0.25) is 0 Å². The lowest BCUT2D eigenvalue weighted by Crippen LogP contribution is -2.34. The van der Waals surface area contributed by atoms with Gasteiger partial charge >= 0.3 is 0 Å². The van der Waals surface area contributed by atoms with Gasteiger partial charge in [0.25, 0.3) is 0 Å². The van der Waals surface area contributed by atoms with Gasteiger partial charge in [0.05, 0.1) is 11.5 Å². The van der Waals surface area contributed by atoms with Crippen LogP contribution in [0.15, 0.2) is 29.2 Å². The topological polar surface area (TPSA) is 66.4 Å². The maximum atomic E-state index is 11.8. The number of benzene rings is 1. The van der Waals surface area contributed by atoms with Crippen LogP contribution < -0.4 is 4.72 Å². The van der Waals surface area contributed by atoms with Gasteiger partial charge in [-0.1, -0.05) is 28.1 Å². The summed E-state index contributed by atoms with van der Waals surface area (Å²) in [7, 11) is -3.52. The molecule has 0 fully saturated rings. The molecule has 1 aromatic rings. The van der Waals surface area contributed by atoms with Gasteiger partial charge < -0.3 is 5.11 Å². The zero-order valence-corrected chi connectivity index (χ0v) is 11.3. The minimum atomic E-state index is -3.52. The highest BCUT2D eigenvalue weighted by atomic mass is 79.9. The molecule has 0 saturated heterocycles. The monoisotopic (exact) mass is 307 g/mol. The Labute approximate surface area is 104 Å². The van der Waals surface area contributed by atoms with Crippen LogP contribution in [0.25, 0.3) is 0 Å². The van der Waals surface area contributed by atoms with Crippen molar-refractivity contribution in [3.05, 3.63) is 29.8 Å². The molecule has 1 aromatic carbocycles. The first-order chi connectivity index (χ1) is 7.49. The normalized spacial score (nSPS) is 13.7. The molecule has 0 heterocycles. The molecule has 90 valence electrons. The SMILES string of the molecule is CC(CO)NS(=O)(=O)c1ccc(CBr)cc1.